The highest BCUT2D eigenvalue weighted by Gasteiger charge is 2.49. The molecule has 1 aliphatic carbocycles. The molecular formula is C38H38F3N5O. The molecule has 1 fully saturated rings. The summed E-state index contributed by atoms with van der Waals surface area (Å²) in [7, 11) is 0. The van der Waals surface area contributed by atoms with Gasteiger partial charge < -0.3 is 14.8 Å². The van der Waals surface area contributed by atoms with E-state index in [0.717, 1.165) is 84.9 Å². The molecule has 0 saturated carbocycles. The van der Waals surface area contributed by atoms with Crippen LogP contribution in [0.1, 0.15) is 36.0 Å². The number of halogens is 3. The first-order valence-electron chi connectivity index (χ1n) is 16.3. The van der Waals surface area contributed by atoms with Crippen molar-refractivity contribution in [3.8, 4) is 11.1 Å². The van der Waals surface area contributed by atoms with Gasteiger partial charge in [0.05, 0.1) is 17.6 Å². The molecule has 6 nitrogen and oxygen atoms in total. The number of hydrogen-bond acceptors (Lipinski definition) is 4. The normalized spacial score (nSPS) is 15.9. The summed E-state index contributed by atoms with van der Waals surface area (Å²) in [5.74, 6) is 0.402. The zero-order valence-electron chi connectivity index (χ0n) is 26.2. The van der Waals surface area contributed by atoms with Gasteiger partial charge in [-0.05, 0) is 59.3 Å². The van der Waals surface area contributed by atoms with Crippen molar-refractivity contribution in [2.24, 2.45) is 0 Å². The molecule has 1 saturated heterocycles. The van der Waals surface area contributed by atoms with Crippen LogP contribution in [0.25, 0.3) is 22.2 Å². The van der Waals surface area contributed by atoms with Crippen molar-refractivity contribution in [2.75, 3.05) is 44.2 Å². The van der Waals surface area contributed by atoms with Crippen LogP contribution in [0.4, 0.5) is 19.1 Å². The lowest BCUT2D eigenvalue weighted by Crippen LogP contribution is -2.48. The first-order chi connectivity index (χ1) is 22.8. The van der Waals surface area contributed by atoms with Gasteiger partial charge in [-0.2, -0.15) is 13.2 Å². The molecule has 242 valence electrons. The van der Waals surface area contributed by atoms with E-state index < -0.39 is 24.0 Å². The monoisotopic (exact) mass is 637 g/mol. The molecule has 9 heteroatoms. The molecule has 0 spiro atoms. The van der Waals surface area contributed by atoms with Crippen molar-refractivity contribution >= 4 is 22.9 Å². The first-order valence-corrected chi connectivity index (χ1v) is 16.3. The van der Waals surface area contributed by atoms with E-state index in [0.29, 0.717) is 12.8 Å². The fraction of sp³-hybridized carbons (Fsp3) is 0.316. The molecule has 1 aromatic heterocycles. The Bertz CT molecular complexity index is 1820. The average Bonchev–Trinajstić information content (AvgIpc) is 3.60. The third-order valence-corrected chi connectivity index (χ3v) is 9.65. The minimum atomic E-state index is -4.48. The maximum Gasteiger partial charge on any atom is 0.405 e. The highest BCUT2D eigenvalue weighted by Crippen LogP contribution is 2.51. The van der Waals surface area contributed by atoms with Crippen LogP contribution in [0, 0.1) is 0 Å². The van der Waals surface area contributed by atoms with Gasteiger partial charge in [0.1, 0.15) is 12.0 Å². The number of piperazine rings is 1. The lowest BCUT2D eigenvalue weighted by atomic mass is 9.73. The van der Waals surface area contributed by atoms with Gasteiger partial charge in [0.25, 0.3) is 0 Å². The van der Waals surface area contributed by atoms with Crippen LogP contribution in [0.15, 0.2) is 103 Å². The Morgan fingerprint density at radius 2 is 1.38 bits per heavy atom. The molecule has 0 unspecified atom stereocenters. The quantitative estimate of drug-likeness (QED) is 0.167. The maximum absolute atomic E-state index is 13.8. The van der Waals surface area contributed by atoms with E-state index in [9.17, 15) is 18.0 Å². The van der Waals surface area contributed by atoms with Crippen LogP contribution >= 0.6 is 0 Å². The fourth-order valence-electron chi connectivity index (χ4n) is 7.41. The zero-order chi connectivity index (χ0) is 32.4. The van der Waals surface area contributed by atoms with Gasteiger partial charge >= 0.3 is 6.18 Å². The van der Waals surface area contributed by atoms with Crippen LogP contribution in [0.3, 0.4) is 0 Å². The number of unbranched alkanes of at least 4 members (excludes halogenated alkanes) is 1. The molecule has 0 radical (unpaired) electrons. The van der Waals surface area contributed by atoms with Crippen LogP contribution < -0.4 is 10.2 Å². The Hall–Kier alpha value is -4.63. The molecule has 7 rings (SSSR count). The number of alkyl halides is 3. The van der Waals surface area contributed by atoms with Gasteiger partial charge in [-0.3, -0.25) is 9.69 Å². The van der Waals surface area contributed by atoms with Gasteiger partial charge in [0.2, 0.25) is 11.9 Å². The summed E-state index contributed by atoms with van der Waals surface area (Å²) < 4.78 is 41.9. The smallest absolute Gasteiger partial charge is 0.346 e. The van der Waals surface area contributed by atoms with Crippen LogP contribution in [0.2, 0.25) is 0 Å². The van der Waals surface area contributed by atoms with Crippen molar-refractivity contribution in [3.05, 3.63) is 120 Å². The summed E-state index contributed by atoms with van der Waals surface area (Å²) in [5, 5.41) is 2.24. The second kappa shape index (κ2) is 12.9. The molecule has 1 amide bonds. The fourth-order valence-corrected chi connectivity index (χ4v) is 7.41. The number of carbonyl (C=O) groups excluding carboxylic acids is 1. The van der Waals surface area contributed by atoms with Crippen molar-refractivity contribution in [1.82, 2.24) is 19.8 Å². The number of nitrogens with one attached hydrogen (secondary N) is 1. The number of amides is 1. The van der Waals surface area contributed by atoms with E-state index in [1.165, 1.54) is 5.56 Å². The Kier molecular flexibility index (Phi) is 8.49. The Balaban J connectivity index is 1.02. The van der Waals surface area contributed by atoms with Crippen molar-refractivity contribution in [2.45, 2.75) is 37.4 Å². The van der Waals surface area contributed by atoms with E-state index in [1.54, 1.807) is 0 Å². The van der Waals surface area contributed by atoms with Gasteiger partial charge in [0, 0.05) is 26.2 Å². The molecule has 2 heterocycles. The largest absolute Gasteiger partial charge is 0.405 e. The SMILES string of the molecule is O=C(NCC(F)(F)F)C1(CCCCN2CCN(c3nc4ccccc4n3Cc3ccccc3)CC2)c2ccccc2-c2ccccc21. The first kappa shape index (κ1) is 31.0. The van der Waals surface area contributed by atoms with Crippen LogP contribution in [-0.2, 0) is 16.8 Å². The summed E-state index contributed by atoms with van der Waals surface area (Å²) >= 11 is 0. The Morgan fingerprint density at radius 3 is 2.06 bits per heavy atom. The molecule has 1 aliphatic heterocycles. The molecule has 47 heavy (non-hydrogen) atoms. The third kappa shape index (κ3) is 6.12. The standard InChI is InChI=1S/C38H38F3N5O/c39-38(40,41)27-42-35(47)37(31-16-6-4-14-29(31)30-15-5-7-17-32(30)37)20-10-11-21-44-22-24-45(25-23-44)36-43-33-18-8-9-19-34(33)46(36)26-28-12-2-1-3-13-28/h1-9,12-19H,10-11,20-27H2,(H,42,47). The van der Waals surface area contributed by atoms with E-state index in [2.05, 4.69) is 62.1 Å². The second-order valence-electron chi connectivity index (χ2n) is 12.6. The predicted molar refractivity (Wildman–Crippen MR) is 180 cm³/mol. The highest BCUT2D eigenvalue weighted by atomic mass is 19.4. The summed E-state index contributed by atoms with van der Waals surface area (Å²) in [5.41, 5.74) is 5.59. The molecule has 0 bridgehead atoms. The molecular weight excluding hydrogens is 599 g/mol. The topological polar surface area (TPSA) is 53.4 Å². The lowest BCUT2D eigenvalue weighted by Gasteiger charge is -2.36. The number of rotatable bonds is 10. The molecule has 4 aromatic carbocycles. The minimum Gasteiger partial charge on any atom is -0.346 e. The molecule has 2 aliphatic rings. The van der Waals surface area contributed by atoms with Gasteiger partial charge in [-0.25, -0.2) is 4.98 Å². The lowest BCUT2D eigenvalue weighted by molar-refractivity contribution is -0.141. The Labute approximate surface area is 272 Å². The number of para-hydroxylation sites is 2. The van der Waals surface area contributed by atoms with Crippen molar-refractivity contribution < 1.29 is 18.0 Å². The van der Waals surface area contributed by atoms with Crippen LogP contribution in [-0.4, -0.2) is 65.8 Å². The van der Waals surface area contributed by atoms with Crippen LogP contribution in [0.5, 0.6) is 0 Å². The summed E-state index contributed by atoms with van der Waals surface area (Å²) in [6.45, 7) is 3.74. The maximum atomic E-state index is 13.8. The number of imidazole rings is 1. The summed E-state index contributed by atoms with van der Waals surface area (Å²) in [4.78, 5) is 23.6. The second-order valence-corrected chi connectivity index (χ2v) is 12.6. The van der Waals surface area contributed by atoms with Gasteiger partial charge in [0.15, 0.2) is 0 Å². The minimum absolute atomic E-state index is 0.439. The van der Waals surface area contributed by atoms with Gasteiger partial charge in [-0.1, -0.05) is 97.4 Å². The van der Waals surface area contributed by atoms with E-state index >= 15 is 0 Å². The van der Waals surface area contributed by atoms with E-state index in [4.69, 9.17) is 4.98 Å². The number of fused-ring (bicyclic) bond motifs is 4. The van der Waals surface area contributed by atoms with Gasteiger partial charge in [-0.15, -0.1) is 0 Å². The molecule has 5 aromatic rings. The number of hydrogen-bond donors (Lipinski definition) is 1. The molecule has 1 N–H and O–H groups in total. The number of benzene rings is 4. The van der Waals surface area contributed by atoms with Crippen molar-refractivity contribution in [3.63, 3.8) is 0 Å². The predicted octanol–water partition coefficient (Wildman–Crippen LogP) is 7.02. The summed E-state index contributed by atoms with van der Waals surface area (Å²) in [6.07, 6.45) is -2.50. The third-order valence-electron chi connectivity index (χ3n) is 9.65. The number of carbonyl (C=O) groups is 1. The highest BCUT2D eigenvalue weighted by molar-refractivity contribution is 6.00. The summed E-state index contributed by atoms with van der Waals surface area (Å²) in [6, 6.07) is 34.0. The zero-order valence-corrected chi connectivity index (χ0v) is 26.2. The van der Waals surface area contributed by atoms with E-state index in [-0.39, 0.29) is 0 Å². The van der Waals surface area contributed by atoms with E-state index in [1.807, 2.05) is 60.7 Å². The Morgan fingerprint density at radius 1 is 0.766 bits per heavy atom. The van der Waals surface area contributed by atoms with Crippen molar-refractivity contribution in [1.29, 1.82) is 0 Å². The molecule has 0 atom stereocenters. The number of aromatic nitrogens is 2. The number of anilines is 1. The average molecular weight is 638 g/mol. The number of nitrogens with zero attached hydrogens (tertiary/aromatic N) is 4.